The van der Waals surface area contributed by atoms with Crippen LogP contribution in [0.25, 0.3) is 0 Å². The molecule has 1 rings (SSSR count). The number of hydrogen-bond acceptors (Lipinski definition) is 2. The Balaban J connectivity index is 2.61. The van der Waals surface area contributed by atoms with Crippen LogP contribution in [0.3, 0.4) is 0 Å². The summed E-state index contributed by atoms with van der Waals surface area (Å²) in [5.41, 5.74) is 0.590. The molecule has 3 nitrogen and oxygen atoms in total. The summed E-state index contributed by atoms with van der Waals surface area (Å²) in [6.07, 6.45) is 5.29. The van der Waals surface area contributed by atoms with Crippen molar-refractivity contribution in [2.75, 3.05) is 0 Å². The number of pyridine rings is 1. The van der Waals surface area contributed by atoms with Crippen LogP contribution in [0.1, 0.15) is 37.0 Å². The second kappa shape index (κ2) is 5.85. The van der Waals surface area contributed by atoms with Gasteiger partial charge >= 0.3 is 0 Å². The van der Waals surface area contributed by atoms with Gasteiger partial charge in [-0.3, -0.25) is 9.78 Å². The number of hydrogen-bond donors (Lipinski definition) is 1. The summed E-state index contributed by atoms with van der Waals surface area (Å²) in [5, 5.41) is 2.92. The van der Waals surface area contributed by atoms with Crippen molar-refractivity contribution in [1.82, 2.24) is 10.3 Å². The fourth-order valence-electron chi connectivity index (χ4n) is 1.35. The highest BCUT2D eigenvalue weighted by Crippen LogP contribution is 2.09. The lowest BCUT2D eigenvalue weighted by molar-refractivity contribution is 0.0938. The van der Waals surface area contributed by atoms with Crippen molar-refractivity contribution >= 4 is 21.8 Å². The lowest BCUT2D eigenvalue weighted by Crippen LogP contribution is -2.32. The predicted octanol–water partition coefficient (Wildman–Crippen LogP) is 2.76. The van der Waals surface area contributed by atoms with Gasteiger partial charge in [0, 0.05) is 22.9 Å². The number of rotatable bonds is 4. The van der Waals surface area contributed by atoms with Gasteiger partial charge in [-0.1, -0.05) is 13.3 Å². The molecular formula is C11H15BrN2O. The maximum absolute atomic E-state index is 11.7. The zero-order chi connectivity index (χ0) is 11.3. The molecule has 0 aliphatic carbocycles. The van der Waals surface area contributed by atoms with E-state index in [4.69, 9.17) is 0 Å². The molecule has 1 unspecified atom stereocenters. The zero-order valence-corrected chi connectivity index (χ0v) is 10.5. The molecule has 0 saturated carbocycles. The van der Waals surface area contributed by atoms with E-state index in [2.05, 4.69) is 33.2 Å². The highest BCUT2D eigenvalue weighted by atomic mass is 79.9. The van der Waals surface area contributed by atoms with Crippen LogP contribution in [0.4, 0.5) is 0 Å². The summed E-state index contributed by atoms with van der Waals surface area (Å²) in [7, 11) is 0. The SMILES string of the molecule is CCCC(C)NC(=O)c1cncc(Br)c1. The molecule has 0 aromatic carbocycles. The number of carbonyl (C=O) groups is 1. The summed E-state index contributed by atoms with van der Waals surface area (Å²) in [6, 6.07) is 1.97. The van der Waals surface area contributed by atoms with E-state index in [0.29, 0.717) is 5.56 Å². The normalized spacial score (nSPS) is 12.2. The maximum Gasteiger partial charge on any atom is 0.253 e. The van der Waals surface area contributed by atoms with Crippen LogP contribution >= 0.6 is 15.9 Å². The lowest BCUT2D eigenvalue weighted by Gasteiger charge is -2.12. The van der Waals surface area contributed by atoms with Crippen LogP contribution in [0.2, 0.25) is 0 Å². The molecule has 0 saturated heterocycles. The van der Waals surface area contributed by atoms with Gasteiger partial charge in [-0.2, -0.15) is 0 Å². The Morgan fingerprint density at radius 3 is 2.93 bits per heavy atom. The van der Waals surface area contributed by atoms with E-state index in [1.165, 1.54) is 0 Å². The van der Waals surface area contributed by atoms with Gasteiger partial charge in [-0.15, -0.1) is 0 Å². The van der Waals surface area contributed by atoms with Crippen LogP contribution in [0, 0.1) is 0 Å². The summed E-state index contributed by atoms with van der Waals surface area (Å²) in [6.45, 7) is 4.11. The van der Waals surface area contributed by atoms with Crippen molar-refractivity contribution < 1.29 is 4.79 Å². The van der Waals surface area contributed by atoms with E-state index in [1.807, 2.05) is 6.92 Å². The first-order valence-electron chi connectivity index (χ1n) is 5.05. The van der Waals surface area contributed by atoms with E-state index >= 15 is 0 Å². The fraction of sp³-hybridized carbons (Fsp3) is 0.455. The molecule has 1 heterocycles. The van der Waals surface area contributed by atoms with Gasteiger partial charge in [0.05, 0.1) is 5.56 Å². The molecule has 0 bridgehead atoms. The molecule has 1 atom stereocenters. The van der Waals surface area contributed by atoms with Gasteiger partial charge in [-0.05, 0) is 35.3 Å². The Morgan fingerprint density at radius 2 is 2.33 bits per heavy atom. The zero-order valence-electron chi connectivity index (χ0n) is 8.96. The number of amides is 1. The standard InChI is InChI=1S/C11H15BrN2O/c1-3-4-8(2)14-11(15)9-5-10(12)7-13-6-9/h5-8H,3-4H2,1-2H3,(H,14,15). The molecule has 1 N–H and O–H groups in total. The van der Waals surface area contributed by atoms with Crippen molar-refractivity contribution in [2.24, 2.45) is 0 Å². The van der Waals surface area contributed by atoms with Crippen LogP contribution < -0.4 is 5.32 Å². The van der Waals surface area contributed by atoms with Crippen LogP contribution in [0.5, 0.6) is 0 Å². The molecule has 1 aromatic rings. The molecule has 0 radical (unpaired) electrons. The third-order valence-electron chi connectivity index (χ3n) is 2.07. The molecule has 82 valence electrons. The largest absolute Gasteiger partial charge is 0.350 e. The smallest absolute Gasteiger partial charge is 0.253 e. The average Bonchev–Trinajstić information content (AvgIpc) is 2.18. The van der Waals surface area contributed by atoms with E-state index in [0.717, 1.165) is 17.3 Å². The van der Waals surface area contributed by atoms with Gasteiger partial charge in [0.25, 0.3) is 5.91 Å². The Labute approximate surface area is 98.4 Å². The van der Waals surface area contributed by atoms with Crippen molar-refractivity contribution in [3.63, 3.8) is 0 Å². The second-order valence-electron chi connectivity index (χ2n) is 3.56. The summed E-state index contributed by atoms with van der Waals surface area (Å²) >= 11 is 3.28. The van der Waals surface area contributed by atoms with Crippen molar-refractivity contribution in [3.05, 3.63) is 28.5 Å². The number of carbonyl (C=O) groups excluding carboxylic acids is 1. The van der Waals surface area contributed by atoms with Crippen molar-refractivity contribution in [2.45, 2.75) is 32.7 Å². The molecule has 4 heteroatoms. The number of aromatic nitrogens is 1. The minimum absolute atomic E-state index is 0.0650. The Kier molecular flexibility index (Phi) is 4.75. The molecule has 15 heavy (non-hydrogen) atoms. The quantitative estimate of drug-likeness (QED) is 0.914. The first-order valence-corrected chi connectivity index (χ1v) is 5.84. The fourth-order valence-corrected chi connectivity index (χ4v) is 1.71. The minimum Gasteiger partial charge on any atom is -0.350 e. The van der Waals surface area contributed by atoms with Crippen molar-refractivity contribution in [3.8, 4) is 0 Å². The Morgan fingerprint density at radius 1 is 1.60 bits per heavy atom. The lowest BCUT2D eigenvalue weighted by atomic mass is 10.2. The Bertz CT molecular complexity index is 341. The molecule has 0 spiro atoms. The average molecular weight is 271 g/mol. The highest BCUT2D eigenvalue weighted by Gasteiger charge is 2.09. The van der Waals surface area contributed by atoms with Crippen molar-refractivity contribution in [1.29, 1.82) is 0 Å². The molecule has 0 fully saturated rings. The highest BCUT2D eigenvalue weighted by molar-refractivity contribution is 9.10. The first-order chi connectivity index (χ1) is 7.13. The third-order valence-corrected chi connectivity index (χ3v) is 2.50. The van der Waals surface area contributed by atoms with E-state index in [9.17, 15) is 4.79 Å². The molecule has 1 amide bonds. The molecular weight excluding hydrogens is 256 g/mol. The second-order valence-corrected chi connectivity index (χ2v) is 4.47. The molecule has 1 aromatic heterocycles. The van der Waals surface area contributed by atoms with Gasteiger partial charge in [0.2, 0.25) is 0 Å². The third kappa shape index (κ3) is 4.00. The monoisotopic (exact) mass is 270 g/mol. The summed E-state index contributed by atoms with van der Waals surface area (Å²) < 4.78 is 0.818. The van der Waals surface area contributed by atoms with Crippen LogP contribution in [-0.4, -0.2) is 16.9 Å². The van der Waals surface area contributed by atoms with Crippen LogP contribution in [0.15, 0.2) is 22.9 Å². The van der Waals surface area contributed by atoms with Crippen LogP contribution in [-0.2, 0) is 0 Å². The van der Waals surface area contributed by atoms with Gasteiger partial charge in [-0.25, -0.2) is 0 Å². The molecule has 0 aliphatic heterocycles. The summed E-state index contributed by atoms with van der Waals surface area (Å²) in [4.78, 5) is 15.7. The Hall–Kier alpha value is -0.900. The first kappa shape index (κ1) is 12.2. The van der Waals surface area contributed by atoms with Gasteiger partial charge in [0.15, 0.2) is 0 Å². The van der Waals surface area contributed by atoms with E-state index in [-0.39, 0.29) is 11.9 Å². The number of nitrogens with zero attached hydrogens (tertiary/aromatic N) is 1. The van der Waals surface area contributed by atoms with Gasteiger partial charge < -0.3 is 5.32 Å². The number of nitrogens with one attached hydrogen (secondary N) is 1. The minimum atomic E-state index is -0.0650. The number of halogens is 1. The molecule has 0 aliphatic rings. The van der Waals surface area contributed by atoms with E-state index in [1.54, 1.807) is 18.5 Å². The topological polar surface area (TPSA) is 42.0 Å². The van der Waals surface area contributed by atoms with E-state index < -0.39 is 0 Å². The predicted molar refractivity (Wildman–Crippen MR) is 63.8 cm³/mol. The summed E-state index contributed by atoms with van der Waals surface area (Å²) in [5.74, 6) is -0.0650. The van der Waals surface area contributed by atoms with Gasteiger partial charge in [0.1, 0.15) is 0 Å². The maximum atomic E-state index is 11.7.